The highest BCUT2D eigenvalue weighted by atomic mass is 35.5. The van der Waals surface area contributed by atoms with Gasteiger partial charge in [0.25, 0.3) is 5.91 Å². The number of nitriles is 1. The maximum Gasteiger partial charge on any atom is 0.260 e. The second-order valence-corrected chi connectivity index (χ2v) is 7.04. The van der Waals surface area contributed by atoms with Crippen molar-refractivity contribution in [3.8, 4) is 11.8 Å². The molecule has 1 amide bonds. The number of amides is 1. The van der Waals surface area contributed by atoms with Crippen LogP contribution in [0.2, 0.25) is 5.02 Å². The average Bonchev–Trinajstić information content (AvgIpc) is 3.04. The van der Waals surface area contributed by atoms with Crippen LogP contribution in [0, 0.1) is 11.3 Å². The predicted molar refractivity (Wildman–Crippen MR) is 104 cm³/mol. The first-order valence-electron chi connectivity index (χ1n) is 8.79. The van der Waals surface area contributed by atoms with Crippen molar-refractivity contribution in [2.24, 2.45) is 0 Å². The SMILES string of the molecule is N#CCc1ccc(OCC(=O)N2CCc3[nH]c4ccc(Cl)cc4c3C2)cc1. The maximum atomic E-state index is 12.6. The van der Waals surface area contributed by atoms with Crippen molar-refractivity contribution < 1.29 is 9.53 Å². The summed E-state index contributed by atoms with van der Waals surface area (Å²) in [5, 5.41) is 10.5. The Labute approximate surface area is 162 Å². The van der Waals surface area contributed by atoms with Crippen LogP contribution in [-0.4, -0.2) is 28.9 Å². The Bertz CT molecular complexity index is 1030. The molecule has 1 aromatic heterocycles. The molecule has 0 saturated carbocycles. The molecule has 2 heterocycles. The number of hydrogen-bond donors (Lipinski definition) is 1. The topological polar surface area (TPSA) is 69.1 Å². The third-order valence-electron chi connectivity index (χ3n) is 4.86. The molecule has 0 unspecified atom stereocenters. The van der Waals surface area contributed by atoms with Crippen molar-refractivity contribution in [1.82, 2.24) is 9.88 Å². The number of ether oxygens (including phenoxy) is 1. The maximum absolute atomic E-state index is 12.6. The number of carbonyl (C=O) groups is 1. The number of fused-ring (bicyclic) bond motifs is 3. The van der Waals surface area contributed by atoms with Crippen LogP contribution >= 0.6 is 11.6 Å². The molecule has 0 bridgehead atoms. The first-order chi connectivity index (χ1) is 13.1. The normalized spacial score (nSPS) is 13.3. The summed E-state index contributed by atoms with van der Waals surface area (Å²) in [5.41, 5.74) is 4.28. The molecule has 0 atom stereocenters. The number of halogens is 1. The quantitative estimate of drug-likeness (QED) is 0.748. The molecule has 0 aliphatic carbocycles. The van der Waals surface area contributed by atoms with E-state index in [1.165, 1.54) is 5.69 Å². The fourth-order valence-electron chi connectivity index (χ4n) is 3.43. The van der Waals surface area contributed by atoms with Crippen LogP contribution in [-0.2, 0) is 24.2 Å². The summed E-state index contributed by atoms with van der Waals surface area (Å²) < 4.78 is 5.63. The first-order valence-corrected chi connectivity index (χ1v) is 9.17. The predicted octanol–water partition coefficient (Wildman–Crippen LogP) is 3.85. The van der Waals surface area contributed by atoms with Crippen molar-refractivity contribution >= 4 is 28.4 Å². The smallest absolute Gasteiger partial charge is 0.260 e. The van der Waals surface area contributed by atoms with Crippen LogP contribution in [0.25, 0.3) is 10.9 Å². The zero-order valence-corrected chi connectivity index (χ0v) is 15.4. The Hall–Kier alpha value is -2.97. The number of nitrogens with one attached hydrogen (secondary N) is 1. The minimum atomic E-state index is -0.0434. The van der Waals surface area contributed by atoms with Crippen LogP contribution < -0.4 is 4.74 Å². The highest BCUT2D eigenvalue weighted by Gasteiger charge is 2.24. The number of aromatic nitrogens is 1. The fourth-order valence-corrected chi connectivity index (χ4v) is 3.60. The van der Waals surface area contributed by atoms with Gasteiger partial charge in [0.05, 0.1) is 12.5 Å². The lowest BCUT2D eigenvalue weighted by atomic mass is 10.0. The van der Waals surface area contributed by atoms with Gasteiger partial charge in [-0.05, 0) is 35.9 Å². The molecule has 0 radical (unpaired) electrons. The molecule has 0 saturated heterocycles. The van der Waals surface area contributed by atoms with Gasteiger partial charge in [0, 0.05) is 46.7 Å². The molecule has 4 rings (SSSR count). The highest BCUT2D eigenvalue weighted by Crippen LogP contribution is 2.29. The van der Waals surface area contributed by atoms with E-state index in [4.69, 9.17) is 21.6 Å². The van der Waals surface area contributed by atoms with Gasteiger partial charge in [-0.3, -0.25) is 4.79 Å². The molecule has 27 heavy (non-hydrogen) atoms. The largest absolute Gasteiger partial charge is 0.484 e. The Morgan fingerprint density at radius 1 is 1.26 bits per heavy atom. The zero-order valence-electron chi connectivity index (χ0n) is 14.7. The van der Waals surface area contributed by atoms with Gasteiger partial charge < -0.3 is 14.6 Å². The molecule has 0 fully saturated rings. The number of hydrogen-bond acceptors (Lipinski definition) is 3. The summed E-state index contributed by atoms with van der Waals surface area (Å²) in [7, 11) is 0. The molecule has 1 N–H and O–H groups in total. The molecule has 6 heteroatoms. The van der Waals surface area contributed by atoms with Crippen LogP contribution in [0.4, 0.5) is 0 Å². The number of rotatable bonds is 4. The second kappa shape index (κ2) is 7.34. The van der Waals surface area contributed by atoms with E-state index in [9.17, 15) is 4.79 Å². The van der Waals surface area contributed by atoms with E-state index in [1.807, 2.05) is 35.2 Å². The Morgan fingerprint density at radius 3 is 2.85 bits per heavy atom. The van der Waals surface area contributed by atoms with Crippen LogP contribution in [0.1, 0.15) is 16.8 Å². The Kier molecular flexibility index (Phi) is 4.74. The van der Waals surface area contributed by atoms with E-state index >= 15 is 0 Å². The lowest BCUT2D eigenvalue weighted by molar-refractivity contribution is -0.134. The second-order valence-electron chi connectivity index (χ2n) is 6.60. The van der Waals surface area contributed by atoms with E-state index in [2.05, 4.69) is 11.1 Å². The molecule has 1 aliphatic heterocycles. The van der Waals surface area contributed by atoms with Gasteiger partial charge in [0.1, 0.15) is 5.75 Å². The summed E-state index contributed by atoms with van der Waals surface area (Å²) in [6.45, 7) is 1.21. The summed E-state index contributed by atoms with van der Waals surface area (Å²) in [6, 6.07) is 15.1. The number of benzene rings is 2. The van der Waals surface area contributed by atoms with Gasteiger partial charge in [0.2, 0.25) is 0 Å². The molecule has 2 aromatic carbocycles. The lowest BCUT2D eigenvalue weighted by Gasteiger charge is -2.27. The third kappa shape index (κ3) is 3.62. The average molecular weight is 380 g/mol. The minimum absolute atomic E-state index is 0.00393. The monoisotopic (exact) mass is 379 g/mol. The van der Waals surface area contributed by atoms with E-state index in [1.54, 1.807) is 12.1 Å². The molecule has 0 spiro atoms. The molecule has 136 valence electrons. The van der Waals surface area contributed by atoms with Crippen molar-refractivity contribution in [2.75, 3.05) is 13.2 Å². The number of aromatic amines is 1. The standard InChI is InChI=1S/C21H18ClN3O2/c22-15-3-6-19-17(11-15)18-12-25(10-8-20(18)24-19)21(26)13-27-16-4-1-14(2-5-16)7-9-23/h1-6,11,24H,7-8,10,12-13H2. The zero-order chi connectivity index (χ0) is 18.8. The molecular weight excluding hydrogens is 362 g/mol. The number of carbonyl (C=O) groups excluding carboxylic acids is 1. The Balaban J connectivity index is 1.42. The minimum Gasteiger partial charge on any atom is -0.484 e. The summed E-state index contributed by atoms with van der Waals surface area (Å²) in [4.78, 5) is 17.8. The molecule has 1 aliphatic rings. The summed E-state index contributed by atoms with van der Waals surface area (Å²) in [6.07, 6.45) is 1.15. The molecule has 5 nitrogen and oxygen atoms in total. The molecular formula is C21H18ClN3O2. The van der Waals surface area contributed by atoms with Gasteiger partial charge in [-0.1, -0.05) is 23.7 Å². The number of H-pyrrole nitrogens is 1. The summed E-state index contributed by atoms with van der Waals surface area (Å²) in [5.74, 6) is 0.583. The van der Waals surface area contributed by atoms with Crippen molar-refractivity contribution in [3.63, 3.8) is 0 Å². The third-order valence-corrected chi connectivity index (χ3v) is 5.09. The van der Waals surface area contributed by atoms with Gasteiger partial charge in [-0.15, -0.1) is 0 Å². The highest BCUT2D eigenvalue weighted by molar-refractivity contribution is 6.31. The van der Waals surface area contributed by atoms with Crippen molar-refractivity contribution in [1.29, 1.82) is 5.26 Å². The summed E-state index contributed by atoms with van der Waals surface area (Å²) >= 11 is 6.13. The van der Waals surface area contributed by atoms with Crippen LogP contribution in [0.3, 0.4) is 0 Å². The number of nitrogens with zero attached hydrogens (tertiary/aromatic N) is 2. The lowest BCUT2D eigenvalue weighted by Crippen LogP contribution is -2.38. The first kappa shape index (κ1) is 17.4. The van der Waals surface area contributed by atoms with Gasteiger partial charge in [-0.25, -0.2) is 0 Å². The van der Waals surface area contributed by atoms with E-state index in [0.29, 0.717) is 30.3 Å². The van der Waals surface area contributed by atoms with Crippen molar-refractivity contribution in [2.45, 2.75) is 19.4 Å². The molecule has 3 aromatic rings. The van der Waals surface area contributed by atoms with Gasteiger partial charge in [0.15, 0.2) is 6.61 Å². The van der Waals surface area contributed by atoms with Crippen LogP contribution in [0.5, 0.6) is 5.75 Å². The van der Waals surface area contributed by atoms with E-state index in [-0.39, 0.29) is 12.5 Å². The Morgan fingerprint density at radius 2 is 2.07 bits per heavy atom. The van der Waals surface area contributed by atoms with E-state index in [0.717, 1.165) is 28.5 Å². The van der Waals surface area contributed by atoms with Gasteiger partial charge in [-0.2, -0.15) is 5.26 Å². The van der Waals surface area contributed by atoms with E-state index < -0.39 is 0 Å². The van der Waals surface area contributed by atoms with Crippen molar-refractivity contribution in [3.05, 3.63) is 64.3 Å². The van der Waals surface area contributed by atoms with Crippen LogP contribution in [0.15, 0.2) is 42.5 Å². The fraction of sp³-hybridized carbons (Fsp3) is 0.238. The van der Waals surface area contributed by atoms with Gasteiger partial charge >= 0.3 is 0 Å².